The summed E-state index contributed by atoms with van der Waals surface area (Å²) >= 11 is 0. The molecule has 1 fully saturated rings. The van der Waals surface area contributed by atoms with Crippen LogP contribution in [0.5, 0.6) is 0 Å². The Morgan fingerprint density at radius 2 is 2.00 bits per heavy atom. The van der Waals surface area contributed by atoms with Crippen LogP contribution in [0.3, 0.4) is 0 Å². The van der Waals surface area contributed by atoms with E-state index in [0.717, 1.165) is 0 Å². The normalized spacial score (nSPS) is 17.9. The van der Waals surface area contributed by atoms with Crippen LogP contribution >= 0.6 is 0 Å². The van der Waals surface area contributed by atoms with Crippen molar-refractivity contribution in [1.29, 1.82) is 0 Å². The van der Waals surface area contributed by atoms with Crippen molar-refractivity contribution in [3.8, 4) is 0 Å². The first-order chi connectivity index (χ1) is 17.0. The second-order valence-corrected chi connectivity index (χ2v) is 9.82. The molecule has 36 heavy (non-hydrogen) atoms. The van der Waals surface area contributed by atoms with Gasteiger partial charge in [0, 0.05) is 32.7 Å². The predicted molar refractivity (Wildman–Crippen MR) is 129 cm³/mol. The minimum Gasteiger partial charge on any atom is -0.466 e. The number of carbonyl (C=O) groups excluding carboxylic acids is 3. The minimum atomic E-state index is -0.903. The number of aryl methyl sites for hydroxylation is 1. The van der Waals surface area contributed by atoms with E-state index >= 15 is 0 Å². The van der Waals surface area contributed by atoms with Gasteiger partial charge in [-0.25, -0.2) is 4.68 Å². The standard InChI is InChI=1S/C24H36N6O6/c1-6-35-20(32)9-10-25-22(33)21(19-8-7-16(2)36-19)28-11-12-29(14-17(31)13-28)23(34)18-15-30(27-26-18)24(3,4)5/h7-8,15,17,21,31H,6,9-14H2,1-5H3,(H,25,33). The predicted octanol–water partition coefficient (Wildman–Crippen LogP) is 0.864. The molecule has 3 rings (SSSR count). The van der Waals surface area contributed by atoms with Gasteiger partial charge in [0.05, 0.1) is 30.9 Å². The second kappa shape index (κ2) is 11.7. The number of nitrogens with one attached hydrogen (secondary N) is 1. The number of aliphatic hydroxyl groups excluding tert-OH is 1. The number of furan rings is 1. The van der Waals surface area contributed by atoms with Crippen molar-refractivity contribution in [3.63, 3.8) is 0 Å². The topological polar surface area (TPSA) is 143 Å². The van der Waals surface area contributed by atoms with Gasteiger partial charge in [0.1, 0.15) is 17.6 Å². The highest BCUT2D eigenvalue weighted by atomic mass is 16.5. The highest BCUT2D eigenvalue weighted by Gasteiger charge is 2.35. The van der Waals surface area contributed by atoms with Gasteiger partial charge in [0.2, 0.25) is 5.91 Å². The van der Waals surface area contributed by atoms with Crippen LogP contribution in [0.1, 0.15) is 62.2 Å². The van der Waals surface area contributed by atoms with Crippen LogP contribution < -0.4 is 5.32 Å². The Kier molecular flexibility index (Phi) is 8.85. The van der Waals surface area contributed by atoms with E-state index in [4.69, 9.17) is 9.15 Å². The largest absolute Gasteiger partial charge is 0.466 e. The fraction of sp³-hybridized carbons (Fsp3) is 0.625. The van der Waals surface area contributed by atoms with Gasteiger partial charge in [-0.15, -0.1) is 5.10 Å². The number of esters is 1. The lowest BCUT2D eigenvalue weighted by molar-refractivity contribution is -0.143. The van der Waals surface area contributed by atoms with E-state index in [1.807, 2.05) is 20.8 Å². The van der Waals surface area contributed by atoms with Crippen LogP contribution in [0.25, 0.3) is 0 Å². The first-order valence-corrected chi connectivity index (χ1v) is 12.1. The van der Waals surface area contributed by atoms with Crippen molar-refractivity contribution in [1.82, 2.24) is 30.1 Å². The van der Waals surface area contributed by atoms with Crippen molar-refractivity contribution in [2.45, 2.75) is 58.7 Å². The molecule has 0 radical (unpaired) electrons. The smallest absolute Gasteiger partial charge is 0.307 e. The Balaban J connectivity index is 1.73. The molecule has 3 heterocycles. The van der Waals surface area contributed by atoms with Crippen molar-refractivity contribution in [2.24, 2.45) is 0 Å². The van der Waals surface area contributed by atoms with Gasteiger partial charge in [-0.1, -0.05) is 5.21 Å². The quantitative estimate of drug-likeness (QED) is 0.500. The number of nitrogens with zero attached hydrogens (tertiary/aromatic N) is 5. The highest BCUT2D eigenvalue weighted by Crippen LogP contribution is 2.25. The molecule has 2 atom stereocenters. The Hall–Kier alpha value is -3.25. The van der Waals surface area contributed by atoms with Gasteiger partial charge in [-0.2, -0.15) is 0 Å². The number of ether oxygens (including phenoxy) is 1. The number of carbonyl (C=O) groups is 3. The first-order valence-electron chi connectivity index (χ1n) is 12.1. The van der Waals surface area contributed by atoms with Crippen LogP contribution in [0.4, 0.5) is 0 Å². The monoisotopic (exact) mass is 504 g/mol. The van der Waals surface area contributed by atoms with Gasteiger partial charge in [-0.3, -0.25) is 19.3 Å². The molecule has 0 bridgehead atoms. The molecule has 1 aliphatic heterocycles. The van der Waals surface area contributed by atoms with Crippen molar-refractivity contribution >= 4 is 17.8 Å². The zero-order valence-electron chi connectivity index (χ0n) is 21.6. The Labute approximate surface area is 210 Å². The molecule has 0 saturated carbocycles. The van der Waals surface area contributed by atoms with Gasteiger partial charge in [0.15, 0.2) is 5.69 Å². The summed E-state index contributed by atoms with van der Waals surface area (Å²) < 4.78 is 12.3. The van der Waals surface area contributed by atoms with E-state index in [9.17, 15) is 19.5 Å². The number of amides is 2. The zero-order chi connectivity index (χ0) is 26.5. The third-order valence-corrected chi connectivity index (χ3v) is 5.80. The number of hydrogen-bond acceptors (Lipinski definition) is 9. The maximum absolute atomic E-state index is 13.2. The molecule has 12 heteroatoms. The summed E-state index contributed by atoms with van der Waals surface area (Å²) in [5.41, 5.74) is -0.129. The average Bonchev–Trinajstić information content (AvgIpc) is 3.41. The summed E-state index contributed by atoms with van der Waals surface area (Å²) in [5.74, 6) is -0.0416. The summed E-state index contributed by atoms with van der Waals surface area (Å²) in [5, 5.41) is 21.6. The fourth-order valence-electron chi connectivity index (χ4n) is 3.98. The van der Waals surface area contributed by atoms with Crippen LogP contribution in [0, 0.1) is 6.92 Å². The molecule has 2 amide bonds. The minimum absolute atomic E-state index is 0.0453. The molecule has 0 aromatic carbocycles. The third kappa shape index (κ3) is 6.91. The first kappa shape index (κ1) is 27.3. The lowest BCUT2D eigenvalue weighted by Crippen LogP contribution is -2.44. The third-order valence-electron chi connectivity index (χ3n) is 5.80. The number of hydrogen-bond donors (Lipinski definition) is 2. The molecular formula is C24H36N6O6. The Morgan fingerprint density at radius 3 is 2.61 bits per heavy atom. The molecule has 0 aliphatic carbocycles. The SMILES string of the molecule is CCOC(=O)CCNC(=O)C(c1ccc(C)o1)N1CCN(C(=O)c2cn(C(C)(C)C)nn2)CC(O)C1. The maximum Gasteiger partial charge on any atom is 0.307 e. The molecule has 198 valence electrons. The molecule has 2 N–H and O–H groups in total. The van der Waals surface area contributed by atoms with Crippen molar-refractivity contribution in [2.75, 3.05) is 39.3 Å². The Morgan fingerprint density at radius 1 is 1.25 bits per heavy atom. The van der Waals surface area contributed by atoms with E-state index in [1.165, 1.54) is 4.90 Å². The molecule has 12 nitrogen and oxygen atoms in total. The zero-order valence-corrected chi connectivity index (χ0v) is 21.6. The van der Waals surface area contributed by atoms with E-state index in [0.29, 0.717) is 18.1 Å². The maximum atomic E-state index is 13.2. The van der Waals surface area contributed by atoms with E-state index in [2.05, 4.69) is 15.6 Å². The molecule has 2 unspecified atom stereocenters. The highest BCUT2D eigenvalue weighted by molar-refractivity contribution is 5.92. The van der Waals surface area contributed by atoms with E-state index in [-0.39, 0.29) is 62.3 Å². The van der Waals surface area contributed by atoms with Gasteiger partial charge >= 0.3 is 5.97 Å². The van der Waals surface area contributed by atoms with E-state index < -0.39 is 18.1 Å². The van der Waals surface area contributed by atoms with Gasteiger partial charge in [-0.05, 0) is 46.8 Å². The number of rotatable bonds is 8. The average molecular weight is 505 g/mol. The van der Waals surface area contributed by atoms with Crippen molar-refractivity contribution < 1.29 is 28.6 Å². The summed E-state index contributed by atoms with van der Waals surface area (Å²) in [6.07, 6.45) is 0.742. The van der Waals surface area contributed by atoms with Crippen LogP contribution in [-0.4, -0.2) is 93.1 Å². The molecule has 1 saturated heterocycles. The molecule has 2 aromatic heterocycles. The lowest BCUT2D eigenvalue weighted by Gasteiger charge is -2.29. The van der Waals surface area contributed by atoms with Crippen LogP contribution in [0.15, 0.2) is 22.7 Å². The Bertz CT molecular complexity index is 1060. The lowest BCUT2D eigenvalue weighted by atomic mass is 10.1. The number of aliphatic hydroxyl groups is 1. The summed E-state index contributed by atoms with van der Waals surface area (Å²) in [7, 11) is 0. The van der Waals surface area contributed by atoms with E-state index in [1.54, 1.807) is 41.8 Å². The molecule has 0 spiro atoms. The second-order valence-electron chi connectivity index (χ2n) is 9.82. The van der Waals surface area contributed by atoms with Gasteiger partial charge in [0.25, 0.3) is 5.91 Å². The number of β-amino-alcohol motifs (C(OH)–C–C–N with tert-alkyl or cyclic N) is 1. The molecular weight excluding hydrogens is 468 g/mol. The van der Waals surface area contributed by atoms with Crippen LogP contribution in [0.2, 0.25) is 0 Å². The summed E-state index contributed by atoms with van der Waals surface area (Å²) in [6, 6.07) is 2.64. The fourth-order valence-corrected chi connectivity index (χ4v) is 3.98. The number of aromatic nitrogens is 3. The molecule has 1 aliphatic rings. The summed E-state index contributed by atoms with van der Waals surface area (Å²) in [4.78, 5) is 41.3. The summed E-state index contributed by atoms with van der Waals surface area (Å²) in [6.45, 7) is 10.6. The van der Waals surface area contributed by atoms with Crippen LogP contribution in [-0.2, 0) is 19.9 Å². The van der Waals surface area contributed by atoms with Crippen molar-refractivity contribution in [3.05, 3.63) is 35.5 Å². The van der Waals surface area contributed by atoms with Gasteiger partial charge < -0.3 is 24.5 Å². The molecule has 2 aromatic rings.